The SMILES string of the molecule is CC(N)Cn1sc2ccccc2c1=O. The van der Waals surface area contributed by atoms with Crippen LogP contribution in [0.15, 0.2) is 29.1 Å². The third-order valence-corrected chi connectivity index (χ3v) is 3.09. The number of hydrogen-bond donors (Lipinski definition) is 1. The second-order valence-electron chi connectivity index (χ2n) is 3.43. The van der Waals surface area contributed by atoms with E-state index >= 15 is 0 Å². The van der Waals surface area contributed by atoms with Gasteiger partial charge in [0.2, 0.25) is 0 Å². The van der Waals surface area contributed by atoms with Gasteiger partial charge < -0.3 is 5.73 Å². The molecule has 0 aliphatic rings. The fraction of sp³-hybridized carbons (Fsp3) is 0.300. The Kier molecular flexibility index (Phi) is 2.39. The van der Waals surface area contributed by atoms with Crippen molar-refractivity contribution < 1.29 is 0 Å². The Labute approximate surface area is 85.9 Å². The second-order valence-corrected chi connectivity index (χ2v) is 4.49. The lowest BCUT2D eigenvalue weighted by atomic mass is 10.3. The quantitative estimate of drug-likeness (QED) is 0.811. The monoisotopic (exact) mass is 208 g/mol. The zero-order valence-electron chi connectivity index (χ0n) is 7.93. The van der Waals surface area contributed by atoms with Crippen molar-refractivity contribution in [3.8, 4) is 0 Å². The second kappa shape index (κ2) is 3.55. The molecule has 0 bridgehead atoms. The van der Waals surface area contributed by atoms with Gasteiger partial charge >= 0.3 is 0 Å². The summed E-state index contributed by atoms with van der Waals surface area (Å²) in [5, 5.41) is 0.790. The first kappa shape index (κ1) is 9.43. The third-order valence-electron chi connectivity index (χ3n) is 2.01. The van der Waals surface area contributed by atoms with Crippen LogP contribution in [0.3, 0.4) is 0 Å². The lowest BCUT2D eigenvalue weighted by Crippen LogP contribution is -2.26. The zero-order chi connectivity index (χ0) is 10.1. The summed E-state index contributed by atoms with van der Waals surface area (Å²) >= 11 is 1.48. The molecule has 0 saturated carbocycles. The molecule has 0 spiro atoms. The van der Waals surface area contributed by atoms with Crippen molar-refractivity contribution in [3.63, 3.8) is 0 Å². The van der Waals surface area contributed by atoms with Gasteiger partial charge in [-0.3, -0.25) is 8.75 Å². The van der Waals surface area contributed by atoms with E-state index in [1.807, 2.05) is 31.2 Å². The number of fused-ring (bicyclic) bond motifs is 1. The molecule has 2 rings (SSSR count). The first-order chi connectivity index (χ1) is 6.68. The minimum Gasteiger partial charge on any atom is -0.326 e. The van der Waals surface area contributed by atoms with Gasteiger partial charge in [-0.2, -0.15) is 0 Å². The molecule has 1 aromatic carbocycles. The van der Waals surface area contributed by atoms with Crippen molar-refractivity contribution in [2.24, 2.45) is 5.73 Å². The molecule has 1 atom stereocenters. The Morgan fingerprint density at radius 3 is 2.86 bits per heavy atom. The van der Waals surface area contributed by atoms with Crippen molar-refractivity contribution in [2.45, 2.75) is 19.5 Å². The van der Waals surface area contributed by atoms with Gasteiger partial charge in [-0.1, -0.05) is 23.7 Å². The summed E-state index contributed by atoms with van der Waals surface area (Å²) < 4.78 is 2.74. The molecule has 2 N–H and O–H groups in total. The Morgan fingerprint density at radius 1 is 1.50 bits per heavy atom. The van der Waals surface area contributed by atoms with Gasteiger partial charge in [0.05, 0.1) is 16.6 Å². The molecule has 2 aromatic rings. The number of aromatic nitrogens is 1. The van der Waals surface area contributed by atoms with E-state index in [0.29, 0.717) is 6.54 Å². The van der Waals surface area contributed by atoms with Crippen LogP contribution in [0, 0.1) is 0 Å². The lowest BCUT2D eigenvalue weighted by molar-refractivity contribution is 0.614. The van der Waals surface area contributed by atoms with Gasteiger partial charge in [0.25, 0.3) is 5.56 Å². The van der Waals surface area contributed by atoms with Crippen LogP contribution < -0.4 is 11.3 Å². The fourth-order valence-corrected chi connectivity index (χ4v) is 2.52. The summed E-state index contributed by atoms with van der Waals surface area (Å²) in [6.07, 6.45) is 0. The summed E-state index contributed by atoms with van der Waals surface area (Å²) in [6.45, 7) is 2.50. The number of nitrogens with two attached hydrogens (primary N) is 1. The summed E-state index contributed by atoms with van der Waals surface area (Å²) in [5.74, 6) is 0. The summed E-state index contributed by atoms with van der Waals surface area (Å²) in [6, 6.07) is 7.65. The molecular weight excluding hydrogens is 196 g/mol. The topological polar surface area (TPSA) is 48.0 Å². The van der Waals surface area contributed by atoms with Gasteiger partial charge in [0.15, 0.2) is 0 Å². The highest BCUT2D eigenvalue weighted by molar-refractivity contribution is 7.13. The molecule has 0 saturated heterocycles. The standard InChI is InChI=1S/C10H12N2OS/c1-7(11)6-12-10(13)8-4-2-3-5-9(8)14-12/h2-5,7H,6,11H2,1H3. The third kappa shape index (κ3) is 1.58. The van der Waals surface area contributed by atoms with Crippen LogP contribution in [-0.2, 0) is 6.54 Å². The van der Waals surface area contributed by atoms with Crippen LogP contribution in [0.4, 0.5) is 0 Å². The normalized spacial score (nSPS) is 13.3. The summed E-state index contributed by atoms with van der Waals surface area (Å²) in [7, 11) is 0. The van der Waals surface area contributed by atoms with Crippen molar-refractivity contribution in [2.75, 3.05) is 0 Å². The maximum absolute atomic E-state index is 11.8. The van der Waals surface area contributed by atoms with E-state index in [1.54, 1.807) is 3.96 Å². The fourth-order valence-electron chi connectivity index (χ4n) is 1.40. The number of hydrogen-bond acceptors (Lipinski definition) is 3. The maximum atomic E-state index is 11.8. The Hall–Kier alpha value is -1.13. The largest absolute Gasteiger partial charge is 0.326 e. The van der Waals surface area contributed by atoms with Gasteiger partial charge in [0.1, 0.15) is 0 Å². The van der Waals surface area contributed by atoms with Crippen LogP contribution in [0.5, 0.6) is 0 Å². The molecule has 3 nitrogen and oxygen atoms in total. The van der Waals surface area contributed by atoms with Gasteiger partial charge in [-0.25, -0.2) is 0 Å². The van der Waals surface area contributed by atoms with Crippen molar-refractivity contribution in [1.82, 2.24) is 3.96 Å². The number of benzene rings is 1. The highest BCUT2D eigenvalue weighted by atomic mass is 32.1. The van der Waals surface area contributed by atoms with Crippen molar-refractivity contribution >= 4 is 21.6 Å². The molecule has 0 aliphatic carbocycles. The lowest BCUT2D eigenvalue weighted by Gasteiger charge is -2.02. The summed E-state index contributed by atoms with van der Waals surface area (Å²) in [4.78, 5) is 11.8. The van der Waals surface area contributed by atoms with Gasteiger partial charge in [0, 0.05) is 6.04 Å². The highest BCUT2D eigenvalue weighted by Crippen LogP contribution is 2.15. The van der Waals surface area contributed by atoms with E-state index in [1.165, 1.54) is 11.5 Å². The average molecular weight is 208 g/mol. The van der Waals surface area contributed by atoms with Crippen LogP contribution in [0.25, 0.3) is 10.1 Å². The molecule has 0 fully saturated rings. The van der Waals surface area contributed by atoms with Crippen LogP contribution in [0.2, 0.25) is 0 Å². The Balaban J connectivity index is 2.57. The van der Waals surface area contributed by atoms with Crippen molar-refractivity contribution in [1.29, 1.82) is 0 Å². The van der Waals surface area contributed by atoms with E-state index in [4.69, 9.17) is 5.73 Å². The van der Waals surface area contributed by atoms with Crippen LogP contribution >= 0.6 is 11.5 Å². The van der Waals surface area contributed by atoms with E-state index in [9.17, 15) is 4.79 Å². The predicted molar refractivity (Wildman–Crippen MR) is 59.7 cm³/mol. The molecule has 0 amide bonds. The molecule has 14 heavy (non-hydrogen) atoms. The van der Waals surface area contributed by atoms with Crippen LogP contribution in [0.1, 0.15) is 6.92 Å². The van der Waals surface area contributed by atoms with E-state index < -0.39 is 0 Å². The highest BCUT2D eigenvalue weighted by Gasteiger charge is 2.07. The minimum atomic E-state index is 0.0146. The number of nitrogens with zero attached hydrogens (tertiary/aromatic N) is 1. The first-order valence-corrected chi connectivity index (χ1v) is 5.30. The van der Waals surface area contributed by atoms with Gasteiger partial charge in [-0.15, -0.1) is 0 Å². The molecule has 1 unspecified atom stereocenters. The molecule has 1 heterocycles. The molecular formula is C10H12N2OS. The molecule has 0 aliphatic heterocycles. The maximum Gasteiger partial charge on any atom is 0.268 e. The Bertz CT molecular complexity index is 498. The minimum absolute atomic E-state index is 0.0146. The smallest absolute Gasteiger partial charge is 0.268 e. The Morgan fingerprint density at radius 2 is 2.21 bits per heavy atom. The van der Waals surface area contributed by atoms with Crippen molar-refractivity contribution in [3.05, 3.63) is 34.6 Å². The zero-order valence-corrected chi connectivity index (χ0v) is 8.75. The molecule has 4 heteroatoms. The van der Waals surface area contributed by atoms with E-state index in [-0.39, 0.29) is 11.6 Å². The summed E-state index contributed by atoms with van der Waals surface area (Å²) in [5.41, 5.74) is 5.73. The average Bonchev–Trinajstić information content (AvgIpc) is 2.44. The van der Waals surface area contributed by atoms with Crippen LogP contribution in [-0.4, -0.2) is 10.00 Å². The first-order valence-electron chi connectivity index (χ1n) is 4.53. The van der Waals surface area contributed by atoms with E-state index in [0.717, 1.165) is 10.1 Å². The van der Waals surface area contributed by atoms with Gasteiger partial charge in [-0.05, 0) is 19.1 Å². The van der Waals surface area contributed by atoms with E-state index in [2.05, 4.69) is 0 Å². The molecule has 0 radical (unpaired) electrons. The molecule has 74 valence electrons. The molecule has 1 aromatic heterocycles. The predicted octanol–water partition coefficient (Wildman–Crippen LogP) is 1.41. The number of rotatable bonds is 2.